The van der Waals surface area contributed by atoms with Crippen LogP contribution >= 0.6 is 11.6 Å². The summed E-state index contributed by atoms with van der Waals surface area (Å²) in [4.78, 5) is 47.4. The lowest BCUT2D eigenvalue weighted by Gasteiger charge is -2.34. The monoisotopic (exact) mass is 623 g/mol. The van der Waals surface area contributed by atoms with Crippen molar-refractivity contribution >= 4 is 35.0 Å². The Morgan fingerprint density at radius 3 is 2.20 bits per heavy atom. The first-order chi connectivity index (χ1) is 20.7. The normalized spacial score (nSPS) is 24.1. The Morgan fingerprint density at radius 2 is 1.61 bits per heavy atom. The van der Waals surface area contributed by atoms with Gasteiger partial charge in [-0.1, -0.05) is 31.5 Å². The van der Waals surface area contributed by atoms with Gasteiger partial charge in [-0.25, -0.2) is 0 Å². The van der Waals surface area contributed by atoms with Gasteiger partial charge in [0.25, 0.3) is 5.91 Å². The fourth-order valence-electron chi connectivity index (χ4n) is 7.59. The summed E-state index contributed by atoms with van der Waals surface area (Å²) < 4.78 is 0.774. The third-order valence-corrected chi connectivity index (χ3v) is 11.0. The van der Waals surface area contributed by atoms with Gasteiger partial charge in [0.1, 0.15) is 5.56 Å². The first-order valence-corrected chi connectivity index (χ1v) is 16.1. The van der Waals surface area contributed by atoms with Crippen molar-refractivity contribution in [3.05, 3.63) is 63.1 Å². The molecule has 0 radical (unpaired) electrons. The van der Waals surface area contributed by atoms with Crippen LogP contribution in [0.5, 0.6) is 0 Å². The molecular formula is C34H46ClN5O4. The van der Waals surface area contributed by atoms with Gasteiger partial charge in [0.2, 0.25) is 17.5 Å². The lowest BCUT2D eigenvalue weighted by molar-refractivity contribution is -0.612. The van der Waals surface area contributed by atoms with Gasteiger partial charge in [-0.2, -0.15) is 4.73 Å². The smallest absolute Gasteiger partial charge is 0.260 e. The Labute approximate surface area is 266 Å². The van der Waals surface area contributed by atoms with Crippen molar-refractivity contribution in [2.24, 2.45) is 16.7 Å². The molecule has 3 saturated heterocycles. The van der Waals surface area contributed by atoms with Crippen molar-refractivity contribution in [1.82, 2.24) is 14.7 Å². The summed E-state index contributed by atoms with van der Waals surface area (Å²) in [7, 11) is 0. The van der Waals surface area contributed by atoms with E-state index in [1.807, 2.05) is 46.7 Å². The molecule has 238 valence electrons. The predicted molar refractivity (Wildman–Crippen MR) is 172 cm³/mol. The molecule has 9 nitrogen and oxygen atoms in total. The number of hydrogen-bond acceptors (Lipinski definition) is 5. The standard InChI is InChI=1S/C34H46ClN5O4/c1-23-8-9-28(18-29(23)35)39(31(42)27-11-15-37(16-12-27)26(4)41)14-7-13-36-19-33(5)21-38(22-34(33,6)20-36)32(43)30-24(2)10-17-40(44)25(30)3/h8-10,17-18,27H,7,11-16,19-22H2,1-6H3. The fourth-order valence-corrected chi connectivity index (χ4v) is 7.76. The first kappa shape index (κ1) is 32.2. The third kappa shape index (κ3) is 6.05. The second-order valence-corrected chi connectivity index (χ2v) is 14.2. The van der Waals surface area contributed by atoms with E-state index in [2.05, 4.69) is 18.7 Å². The molecule has 0 spiro atoms. The Morgan fingerprint density at radius 1 is 0.977 bits per heavy atom. The number of halogens is 1. The van der Waals surface area contributed by atoms with E-state index in [0.717, 1.165) is 47.6 Å². The minimum Gasteiger partial charge on any atom is -0.618 e. The number of likely N-dealkylation sites (tertiary alicyclic amines) is 3. The van der Waals surface area contributed by atoms with Crippen molar-refractivity contribution in [1.29, 1.82) is 0 Å². The summed E-state index contributed by atoms with van der Waals surface area (Å²) >= 11 is 6.49. The topological polar surface area (TPSA) is 91.1 Å². The molecule has 10 heteroatoms. The molecule has 0 aliphatic carbocycles. The Balaban J connectivity index is 1.23. The summed E-state index contributed by atoms with van der Waals surface area (Å²) in [6.45, 7) is 17.4. The lowest BCUT2D eigenvalue weighted by atomic mass is 9.71. The molecule has 0 saturated carbocycles. The van der Waals surface area contributed by atoms with Crippen molar-refractivity contribution in [2.45, 2.75) is 60.8 Å². The molecule has 1 aromatic heterocycles. The van der Waals surface area contributed by atoms with Crippen LogP contribution in [0.25, 0.3) is 0 Å². The molecule has 4 heterocycles. The molecule has 1 aromatic carbocycles. The van der Waals surface area contributed by atoms with Gasteiger partial charge < -0.3 is 24.8 Å². The van der Waals surface area contributed by atoms with E-state index < -0.39 is 0 Å². The van der Waals surface area contributed by atoms with Crippen LogP contribution in [0.15, 0.2) is 30.5 Å². The van der Waals surface area contributed by atoms with Crippen LogP contribution in [0, 0.1) is 42.7 Å². The molecular weight excluding hydrogens is 578 g/mol. The van der Waals surface area contributed by atoms with E-state index in [-0.39, 0.29) is 34.5 Å². The number of rotatable bonds is 7. The molecule has 3 amide bonds. The number of anilines is 1. The van der Waals surface area contributed by atoms with E-state index in [4.69, 9.17) is 11.6 Å². The highest BCUT2D eigenvalue weighted by atomic mass is 35.5. The average Bonchev–Trinajstić information content (AvgIpc) is 3.37. The van der Waals surface area contributed by atoms with E-state index in [1.54, 1.807) is 19.9 Å². The second-order valence-electron chi connectivity index (χ2n) is 13.8. The van der Waals surface area contributed by atoms with Gasteiger partial charge in [-0.05, 0) is 62.9 Å². The second kappa shape index (κ2) is 12.3. The highest BCUT2D eigenvalue weighted by Crippen LogP contribution is 2.51. The fraction of sp³-hybridized carbons (Fsp3) is 0.588. The highest BCUT2D eigenvalue weighted by Gasteiger charge is 2.58. The summed E-state index contributed by atoms with van der Waals surface area (Å²) in [5.41, 5.74) is 3.43. The summed E-state index contributed by atoms with van der Waals surface area (Å²) in [6.07, 6.45) is 3.61. The number of pyridine rings is 1. The summed E-state index contributed by atoms with van der Waals surface area (Å²) in [6, 6.07) is 7.53. The maximum Gasteiger partial charge on any atom is 0.260 e. The van der Waals surface area contributed by atoms with Crippen molar-refractivity contribution in [2.75, 3.05) is 57.3 Å². The van der Waals surface area contributed by atoms with Gasteiger partial charge in [-0.15, -0.1) is 0 Å². The van der Waals surface area contributed by atoms with Crippen LogP contribution in [-0.2, 0) is 9.59 Å². The first-order valence-electron chi connectivity index (χ1n) is 15.8. The highest BCUT2D eigenvalue weighted by molar-refractivity contribution is 6.31. The van der Waals surface area contributed by atoms with Crippen molar-refractivity contribution in [3.63, 3.8) is 0 Å². The lowest BCUT2D eigenvalue weighted by Crippen LogP contribution is -2.44. The molecule has 3 aliphatic heterocycles. The Bertz CT molecular complexity index is 1440. The molecule has 2 atom stereocenters. The number of carbonyl (C=O) groups is 3. The largest absolute Gasteiger partial charge is 0.618 e. The number of amides is 3. The van der Waals surface area contributed by atoms with E-state index in [9.17, 15) is 19.6 Å². The SMILES string of the molecule is CC(=O)N1CCC(C(=O)N(CCCN2CC3(C)CN(C(=O)c4c(C)cc[n+]([O-])c4C)CC3(C)C2)c2ccc(C)c(Cl)c2)CC1. The maximum atomic E-state index is 13.9. The zero-order chi connectivity index (χ0) is 32.0. The van der Waals surface area contributed by atoms with Crippen LogP contribution in [-0.4, -0.2) is 84.8 Å². The third-order valence-electron chi connectivity index (χ3n) is 10.6. The minimum absolute atomic E-state index is 0.0595. The summed E-state index contributed by atoms with van der Waals surface area (Å²) in [5.74, 6) is -0.0191. The zero-order valence-corrected chi connectivity index (χ0v) is 27.7. The number of piperidine rings is 1. The zero-order valence-electron chi connectivity index (χ0n) is 27.0. The van der Waals surface area contributed by atoms with Crippen LogP contribution in [0.3, 0.4) is 0 Å². The number of aromatic nitrogens is 1. The molecule has 3 fully saturated rings. The van der Waals surface area contributed by atoms with Gasteiger partial charge in [0.15, 0.2) is 6.20 Å². The molecule has 2 aromatic rings. The van der Waals surface area contributed by atoms with Crippen LogP contribution in [0.2, 0.25) is 5.02 Å². The summed E-state index contributed by atoms with van der Waals surface area (Å²) in [5, 5.41) is 12.9. The van der Waals surface area contributed by atoms with E-state index in [0.29, 0.717) is 61.8 Å². The van der Waals surface area contributed by atoms with Crippen LogP contribution in [0.4, 0.5) is 5.69 Å². The minimum atomic E-state index is -0.119. The molecule has 2 unspecified atom stereocenters. The predicted octanol–water partition coefficient (Wildman–Crippen LogP) is 4.36. The molecule has 44 heavy (non-hydrogen) atoms. The number of nitrogens with zero attached hydrogens (tertiary/aromatic N) is 5. The van der Waals surface area contributed by atoms with Crippen molar-refractivity contribution < 1.29 is 19.1 Å². The van der Waals surface area contributed by atoms with Gasteiger partial charge >= 0.3 is 0 Å². The van der Waals surface area contributed by atoms with Crippen LogP contribution in [0.1, 0.15) is 67.2 Å². The average molecular weight is 624 g/mol. The van der Waals surface area contributed by atoms with Gasteiger partial charge in [0.05, 0.1) is 0 Å². The number of carbonyl (C=O) groups excluding carboxylic acids is 3. The van der Waals surface area contributed by atoms with Crippen molar-refractivity contribution in [3.8, 4) is 0 Å². The number of benzene rings is 1. The quantitative estimate of drug-likeness (QED) is 0.338. The maximum absolute atomic E-state index is 13.9. The Kier molecular flexibility index (Phi) is 9.02. The molecule has 3 aliphatic rings. The molecule has 0 N–H and O–H groups in total. The molecule has 5 rings (SSSR count). The number of hydrogen-bond donors (Lipinski definition) is 0. The van der Waals surface area contributed by atoms with Crippen LogP contribution < -0.4 is 9.63 Å². The molecule has 0 bridgehead atoms. The Hall–Kier alpha value is -3.17. The van der Waals surface area contributed by atoms with E-state index >= 15 is 0 Å². The number of aryl methyl sites for hydroxylation is 2. The van der Waals surface area contributed by atoms with Gasteiger partial charge in [0, 0.05) is 93.2 Å². The van der Waals surface area contributed by atoms with Gasteiger partial charge in [-0.3, -0.25) is 14.4 Å². The number of fused-ring (bicyclic) bond motifs is 1. The van der Waals surface area contributed by atoms with E-state index in [1.165, 1.54) is 6.20 Å².